The summed E-state index contributed by atoms with van der Waals surface area (Å²) in [6.45, 7) is 7.24. The third kappa shape index (κ3) is 7.78. The molecular formula is C28H44N8O3. The number of amides is 3. The number of aliphatic hydroxyl groups is 1. The lowest BCUT2D eigenvalue weighted by molar-refractivity contribution is -0.137. The van der Waals surface area contributed by atoms with Crippen molar-refractivity contribution < 1.29 is 14.7 Å². The highest BCUT2D eigenvalue weighted by Crippen LogP contribution is 2.25. The summed E-state index contributed by atoms with van der Waals surface area (Å²) in [5, 5.41) is 12.5. The van der Waals surface area contributed by atoms with Gasteiger partial charge in [-0.25, -0.2) is 9.79 Å². The number of hydrogen-bond donors (Lipinski definition) is 4. The smallest absolute Gasteiger partial charge is 0.323 e. The standard InChI is InChI=1S/C28H44N8O3/c1-28(2,30)26(38)33-13-15-34(16-14-33)27(39)32-25-11-12-36(20-31-25)24-7-3-21(4-8-24)19-35(17-18-37)23-9-5-22(29)6-10-23/h3-4,7-8,11-12,22-23,37H,5-6,9-10,13-20,29-30H2,1-2H3,(H,31,32,39). The quantitative estimate of drug-likeness (QED) is 0.404. The van der Waals surface area contributed by atoms with Crippen LogP contribution < -0.4 is 21.7 Å². The van der Waals surface area contributed by atoms with Gasteiger partial charge in [-0.05, 0) is 63.3 Å². The normalized spacial score (nSPS) is 22.2. The van der Waals surface area contributed by atoms with Crippen LogP contribution in [0.3, 0.4) is 0 Å². The topological polar surface area (TPSA) is 144 Å². The van der Waals surface area contributed by atoms with Crippen molar-refractivity contribution in [3.63, 3.8) is 0 Å². The van der Waals surface area contributed by atoms with Gasteiger partial charge in [-0.3, -0.25) is 15.0 Å². The zero-order valence-corrected chi connectivity index (χ0v) is 23.3. The summed E-state index contributed by atoms with van der Waals surface area (Å²) in [4.78, 5) is 37.4. The minimum absolute atomic E-state index is 0.104. The molecule has 2 fully saturated rings. The van der Waals surface area contributed by atoms with Gasteiger partial charge in [0.2, 0.25) is 5.91 Å². The lowest BCUT2D eigenvalue weighted by Gasteiger charge is -2.37. The minimum atomic E-state index is -0.914. The SMILES string of the molecule is CC(C)(N)C(=O)N1CCN(C(=O)NC2=NCN(c3ccc(CN(CCO)C4CCC(N)CC4)cc3)C=C2)CC1. The van der Waals surface area contributed by atoms with Crippen LogP contribution in [-0.4, -0.2) is 101 Å². The van der Waals surface area contributed by atoms with Crippen LogP contribution in [0.2, 0.25) is 0 Å². The lowest BCUT2D eigenvalue weighted by Crippen LogP contribution is -2.59. The molecular weight excluding hydrogens is 496 g/mol. The van der Waals surface area contributed by atoms with E-state index in [1.165, 1.54) is 5.56 Å². The molecule has 4 rings (SSSR count). The van der Waals surface area contributed by atoms with Crippen molar-refractivity contribution in [2.24, 2.45) is 16.5 Å². The average molecular weight is 541 g/mol. The average Bonchev–Trinajstić information content (AvgIpc) is 2.93. The largest absolute Gasteiger partial charge is 0.395 e. The van der Waals surface area contributed by atoms with Gasteiger partial charge < -0.3 is 31.3 Å². The Morgan fingerprint density at radius 2 is 1.72 bits per heavy atom. The Labute approximate surface area is 231 Å². The highest BCUT2D eigenvalue weighted by molar-refractivity contribution is 6.04. The monoisotopic (exact) mass is 540 g/mol. The molecule has 3 amide bonds. The summed E-state index contributed by atoms with van der Waals surface area (Å²) in [5.74, 6) is 0.411. The molecule has 2 heterocycles. The van der Waals surface area contributed by atoms with Crippen molar-refractivity contribution in [1.29, 1.82) is 0 Å². The fourth-order valence-electron chi connectivity index (χ4n) is 5.38. The van der Waals surface area contributed by atoms with Crippen LogP contribution in [0.4, 0.5) is 10.5 Å². The van der Waals surface area contributed by atoms with Gasteiger partial charge in [-0.15, -0.1) is 0 Å². The maximum atomic E-state index is 12.7. The number of aliphatic imine (C=N–C) groups is 1. The fourth-order valence-corrected chi connectivity index (χ4v) is 5.38. The molecule has 1 aliphatic carbocycles. The molecule has 11 heteroatoms. The molecule has 0 radical (unpaired) electrons. The first-order valence-electron chi connectivity index (χ1n) is 14.0. The van der Waals surface area contributed by atoms with Crippen molar-refractivity contribution in [2.75, 3.05) is 50.9 Å². The van der Waals surface area contributed by atoms with Gasteiger partial charge in [0.05, 0.1) is 12.1 Å². The molecule has 0 unspecified atom stereocenters. The highest BCUT2D eigenvalue weighted by atomic mass is 16.3. The number of aliphatic hydroxyl groups excluding tert-OH is 1. The number of rotatable bonds is 7. The van der Waals surface area contributed by atoms with Gasteiger partial charge in [-0.1, -0.05) is 12.1 Å². The van der Waals surface area contributed by atoms with E-state index in [-0.39, 0.29) is 18.5 Å². The molecule has 0 atom stereocenters. The number of carbonyl (C=O) groups excluding carboxylic acids is 2. The lowest BCUT2D eigenvalue weighted by atomic mass is 9.90. The molecule has 0 spiro atoms. The molecule has 1 saturated carbocycles. The van der Waals surface area contributed by atoms with Crippen molar-refractivity contribution in [3.05, 3.63) is 42.1 Å². The van der Waals surface area contributed by atoms with Crippen LogP contribution >= 0.6 is 0 Å². The second-order valence-corrected chi connectivity index (χ2v) is 11.3. The molecule has 1 aromatic carbocycles. The maximum Gasteiger partial charge on any atom is 0.323 e. The summed E-state index contributed by atoms with van der Waals surface area (Å²) >= 11 is 0. The number of carbonyl (C=O) groups is 2. The van der Waals surface area contributed by atoms with Gasteiger partial charge in [0.25, 0.3) is 0 Å². The van der Waals surface area contributed by atoms with Crippen molar-refractivity contribution in [2.45, 2.75) is 63.7 Å². The first-order chi connectivity index (χ1) is 18.6. The van der Waals surface area contributed by atoms with Gasteiger partial charge in [0.1, 0.15) is 12.5 Å². The Morgan fingerprint density at radius 3 is 2.28 bits per heavy atom. The third-order valence-electron chi connectivity index (χ3n) is 7.74. The molecule has 2 aliphatic heterocycles. The number of nitrogens with zero attached hydrogens (tertiary/aromatic N) is 5. The molecule has 0 aromatic heterocycles. The fraction of sp³-hybridized carbons (Fsp3) is 0.607. The van der Waals surface area contributed by atoms with E-state index in [0.717, 1.165) is 37.9 Å². The Hall–Kier alpha value is -2.99. The van der Waals surface area contributed by atoms with Gasteiger partial charge in [0.15, 0.2) is 0 Å². The number of hydrogen-bond acceptors (Lipinski definition) is 8. The third-order valence-corrected chi connectivity index (χ3v) is 7.74. The van der Waals surface area contributed by atoms with Crippen LogP contribution in [0.15, 0.2) is 41.5 Å². The molecule has 6 N–H and O–H groups in total. The Balaban J connectivity index is 1.25. The van der Waals surface area contributed by atoms with Crippen molar-refractivity contribution in [1.82, 2.24) is 20.0 Å². The summed E-state index contributed by atoms with van der Waals surface area (Å²) in [7, 11) is 0. The molecule has 214 valence electrons. The number of nitrogens with two attached hydrogens (primary N) is 2. The van der Waals surface area contributed by atoms with Crippen LogP contribution in [0.25, 0.3) is 0 Å². The van der Waals surface area contributed by atoms with Gasteiger partial charge in [-0.2, -0.15) is 0 Å². The number of anilines is 1. The summed E-state index contributed by atoms with van der Waals surface area (Å²) in [5.41, 5.74) is 13.3. The zero-order chi connectivity index (χ0) is 28.0. The second-order valence-electron chi connectivity index (χ2n) is 11.3. The van der Waals surface area contributed by atoms with Crippen molar-refractivity contribution >= 4 is 23.5 Å². The van der Waals surface area contributed by atoms with Gasteiger partial charge in [0, 0.05) is 63.2 Å². The van der Waals surface area contributed by atoms with E-state index < -0.39 is 5.54 Å². The van der Waals surface area contributed by atoms with Gasteiger partial charge >= 0.3 is 6.03 Å². The number of urea groups is 1. The Kier molecular flexibility index (Phi) is 9.60. The Morgan fingerprint density at radius 1 is 1.08 bits per heavy atom. The first-order valence-corrected chi connectivity index (χ1v) is 14.0. The second kappa shape index (κ2) is 12.9. The van der Waals surface area contributed by atoms with E-state index in [1.807, 2.05) is 11.1 Å². The Bertz CT molecular complexity index is 1040. The van der Waals surface area contributed by atoms with Crippen LogP contribution in [0.1, 0.15) is 45.1 Å². The van der Waals surface area contributed by atoms with E-state index >= 15 is 0 Å². The molecule has 1 aromatic rings. The van der Waals surface area contributed by atoms with Crippen LogP contribution in [0, 0.1) is 0 Å². The molecule has 11 nitrogen and oxygen atoms in total. The summed E-state index contributed by atoms with van der Waals surface area (Å²) in [6.07, 6.45) is 7.96. The molecule has 1 saturated heterocycles. The van der Waals surface area contributed by atoms with E-state index in [2.05, 4.69) is 39.5 Å². The predicted octanol–water partition coefficient (Wildman–Crippen LogP) is 1.03. The van der Waals surface area contributed by atoms with E-state index in [4.69, 9.17) is 11.5 Å². The summed E-state index contributed by atoms with van der Waals surface area (Å²) in [6, 6.07) is 8.96. The van der Waals surface area contributed by atoms with E-state index in [0.29, 0.717) is 57.3 Å². The number of piperazine rings is 1. The van der Waals surface area contributed by atoms with Crippen LogP contribution in [0.5, 0.6) is 0 Å². The molecule has 3 aliphatic rings. The highest BCUT2D eigenvalue weighted by Gasteiger charge is 2.31. The number of benzene rings is 1. The molecule has 0 bridgehead atoms. The van der Waals surface area contributed by atoms with E-state index in [1.54, 1.807) is 29.7 Å². The van der Waals surface area contributed by atoms with Crippen LogP contribution in [-0.2, 0) is 11.3 Å². The minimum Gasteiger partial charge on any atom is -0.395 e. The van der Waals surface area contributed by atoms with Crippen molar-refractivity contribution in [3.8, 4) is 0 Å². The predicted molar refractivity (Wildman–Crippen MR) is 153 cm³/mol. The number of nitrogens with one attached hydrogen (secondary N) is 1. The number of amidine groups is 1. The maximum absolute atomic E-state index is 12.7. The molecule has 39 heavy (non-hydrogen) atoms. The first kappa shape index (κ1) is 29.0. The van der Waals surface area contributed by atoms with E-state index in [9.17, 15) is 14.7 Å². The summed E-state index contributed by atoms with van der Waals surface area (Å²) < 4.78 is 0. The zero-order valence-electron chi connectivity index (χ0n) is 23.3.